The summed E-state index contributed by atoms with van der Waals surface area (Å²) in [7, 11) is 0. The Kier molecular flexibility index (Phi) is 3.16. The molecule has 0 aromatic rings. The highest BCUT2D eigenvalue weighted by atomic mass is 16.3. The third-order valence-corrected chi connectivity index (χ3v) is 2.48. The van der Waals surface area contributed by atoms with Crippen molar-refractivity contribution >= 4 is 0 Å². The zero-order valence-electron chi connectivity index (χ0n) is 6.42. The van der Waals surface area contributed by atoms with E-state index in [9.17, 15) is 0 Å². The van der Waals surface area contributed by atoms with E-state index < -0.39 is 0 Å². The van der Waals surface area contributed by atoms with Crippen LogP contribution in [0.1, 0.15) is 25.7 Å². The van der Waals surface area contributed by atoms with E-state index in [-0.39, 0.29) is 0 Å². The summed E-state index contributed by atoms with van der Waals surface area (Å²) in [4.78, 5) is 0. The van der Waals surface area contributed by atoms with E-state index in [0.717, 1.165) is 13.0 Å². The number of hydrogen-bond acceptors (Lipinski definition) is 2. The lowest BCUT2D eigenvalue weighted by molar-refractivity contribution is 0.163. The number of aliphatic hydroxyl groups is 1. The minimum atomic E-state index is 0.358. The maximum absolute atomic E-state index is 8.86. The topological polar surface area (TPSA) is 46.2 Å². The summed E-state index contributed by atoms with van der Waals surface area (Å²) >= 11 is 0. The number of aliphatic hydroxyl groups excluding tert-OH is 1. The molecule has 10 heavy (non-hydrogen) atoms. The Bertz CT molecular complexity index is 85.3. The van der Waals surface area contributed by atoms with Crippen LogP contribution in [0, 0.1) is 11.8 Å². The maximum atomic E-state index is 8.86. The van der Waals surface area contributed by atoms with Gasteiger partial charge in [-0.25, -0.2) is 0 Å². The van der Waals surface area contributed by atoms with E-state index >= 15 is 0 Å². The quantitative estimate of drug-likeness (QED) is 0.599. The van der Waals surface area contributed by atoms with Crippen LogP contribution >= 0.6 is 0 Å². The summed E-state index contributed by atoms with van der Waals surface area (Å²) in [6.07, 6.45) is 4.88. The van der Waals surface area contributed by atoms with E-state index in [1.54, 1.807) is 0 Å². The Hall–Kier alpha value is -0.0800. The standard InChI is InChI=1S/C8H17NO/c9-5-7-2-1-3-8(4-7)6-10/h7-8,10H,1-6,9H2/t7-,8-/m1/s1. The molecule has 0 aromatic carbocycles. The van der Waals surface area contributed by atoms with Crippen molar-refractivity contribution in [1.29, 1.82) is 0 Å². The number of rotatable bonds is 2. The van der Waals surface area contributed by atoms with Gasteiger partial charge in [-0.05, 0) is 37.6 Å². The Morgan fingerprint density at radius 1 is 1.30 bits per heavy atom. The van der Waals surface area contributed by atoms with E-state index in [0.29, 0.717) is 18.4 Å². The van der Waals surface area contributed by atoms with Crippen LogP contribution in [0.4, 0.5) is 0 Å². The Morgan fingerprint density at radius 3 is 2.60 bits per heavy atom. The Morgan fingerprint density at radius 2 is 2.00 bits per heavy atom. The molecule has 2 atom stereocenters. The van der Waals surface area contributed by atoms with Gasteiger partial charge in [-0.1, -0.05) is 6.42 Å². The summed E-state index contributed by atoms with van der Waals surface area (Å²) in [5.41, 5.74) is 5.54. The van der Waals surface area contributed by atoms with Gasteiger partial charge in [0.05, 0.1) is 0 Å². The molecule has 0 radical (unpaired) electrons. The number of nitrogens with two attached hydrogens (primary N) is 1. The lowest BCUT2D eigenvalue weighted by atomic mass is 9.82. The molecule has 1 saturated carbocycles. The predicted octanol–water partition coefficient (Wildman–Crippen LogP) is 0.744. The minimum Gasteiger partial charge on any atom is -0.396 e. The molecule has 3 N–H and O–H groups in total. The third-order valence-electron chi connectivity index (χ3n) is 2.48. The lowest BCUT2D eigenvalue weighted by Crippen LogP contribution is -2.24. The molecule has 0 unspecified atom stereocenters. The van der Waals surface area contributed by atoms with E-state index in [1.165, 1.54) is 19.3 Å². The molecular formula is C8H17NO. The zero-order chi connectivity index (χ0) is 7.40. The fourth-order valence-corrected chi connectivity index (χ4v) is 1.78. The first-order chi connectivity index (χ1) is 4.86. The fraction of sp³-hybridized carbons (Fsp3) is 1.00. The molecule has 2 heteroatoms. The molecule has 0 aromatic heterocycles. The predicted molar refractivity (Wildman–Crippen MR) is 41.6 cm³/mol. The molecule has 60 valence electrons. The van der Waals surface area contributed by atoms with Crippen molar-refractivity contribution in [2.45, 2.75) is 25.7 Å². The lowest BCUT2D eigenvalue weighted by Gasteiger charge is -2.26. The molecule has 0 amide bonds. The van der Waals surface area contributed by atoms with Gasteiger partial charge in [-0.2, -0.15) is 0 Å². The molecule has 0 saturated heterocycles. The van der Waals surface area contributed by atoms with E-state index in [2.05, 4.69) is 0 Å². The van der Waals surface area contributed by atoms with Crippen molar-refractivity contribution in [3.63, 3.8) is 0 Å². The molecule has 1 fully saturated rings. The van der Waals surface area contributed by atoms with Gasteiger partial charge < -0.3 is 10.8 Å². The molecular weight excluding hydrogens is 126 g/mol. The second kappa shape index (κ2) is 3.94. The molecule has 0 bridgehead atoms. The molecule has 1 aliphatic rings. The van der Waals surface area contributed by atoms with Crippen LogP contribution in [0.15, 0.2) is 0 Å². The highest BCUT2D eigenvalue weighted by Crippen LogP contribution is 2.27. The van der Waals surface area contributed by atoms with Gasteiger partial charge in [0.15, 0.2) is 0 Å². The summed E-state index contributed by atoms with van der Waals surface area (Å²) in [5, 5.41) is 8.86. The Balaban J connectivity index is 2.25. The molecule has 2 nitrogen and oxygen atoms in total. The largest absolute Gasteiger partial charge is 0.396 e. The molecule has 0 heterocycles. The van der Waals surface area contributed by atoms with Crippen molar-refractivity contribution in [1.82, 2.24) is 0 Å². The smallest absolute Gasteiger partial charge is 0.0459 e. The molecule has 0 aliphatic heterocycles. The van der Waals surface area contributed by atoms with Gasteiger partial charge >= 0.3 is 0 Å². The zero-order valence-corrected chi connectivity index (χ0v) is 6.42. The first-order valence-corrected chi connectivity index (χ1v) is 4.17. The van der Waals surface area contributed by atoms with Crippen LogP contribution in [-0.2, 0) is 0 Å². The average Bonchev–Trinajstić information content (AvgIpc) is 2.05. The van der Waals surface area contributed by atoms with Gasteiger partial charge in [-0.3, -0.25) is 0 Å². The monoisotopic (exact) mass is 143 g/mol. The summed E-state index contributed by atoms with van der Waals surface area (Å²) in [5.74, 6) is 1.23. The third kappa shape index (κ3) is 1.96. The average molecular weight is 143 g/mol. The van der Waals surface area contributed by atoms with Gasteiger partial charge in [0.25, 0.3) is 0 Å². The van der Waals surface area contributed by atoms with Crippen molar-refractivity contribution in [2.75, 3.05) is 13.2 Å². The van der Waals surface area contributed by atoms with Crippen molar-refractivity contribution in [2.24, 2.45) is 17.6 Å². The minimum absolute atomic E-state index is 0.358. The van der Waals surface area contributed by atoms with Gasteiger partial charge in [0, 0.05) is 6.61 Å². The van der Waals surface area contributed by atoms with Gasteiger partial charge in [0.1, 0.15) is 0 Å². The highest BCUT2D eigenvalue weighted by molar-refractivity contribution is 4.72. The summed E-state index contributed by atoms with van der Waals surface area (Å²) in [6, 6.07) is 0. The van der Waals surface area contributed by atoms with Crippen molar-refractivity contribution in [3.05, 3.63) is 0 Å². The summed E-state index contributed by atoms with van der Waals surface area (Å²) < 4.78 is 0. The van der Waals surface area contributed by atoms with Crippen LogP contribution in [-0.4, -0.2) is 18.3 Å². The summed E-state index contributed by atoms with van der Waals surface area (Å²) in [6.45, 7) is 1.16. The Labute approximate surface area is 62.4 Å². The van der Waals surface area contributed by atoms with Gasteiger partial charge in [-0.15, -0.1) is 0 Å². The molecule has 1 rings (SSSR count). The molecule has 0 spiro atoms. The fourth-order valence-electron chi connectivity index (χ4n) is 1.78. The highest BCUT2D eigenvalue weighted by Gasteiger charge is 2.19. The second-order valence-corrected chi connectivity index (χ2v) is 3.32. The SMILES string of the molecule is NC[C@@H]1CCC[C@@H](CO)C1. The van der Waals surface area contributed by atoms with Crippen LogP contribution in [0.3, 0.4) is 0 Å². The first-order valence-electron chi connectivity index (χ1n) is 4.17. The normalized spacial score (nSPS) is 34.2. The van der Waals surface area contributed by atoms with E-state index in [4.69, 9.17) is 10.8 Å². The van der Waals surface area contributed by atoms with Crippen LogP contribution in [0.2, 0.25) is 0 Å². The van der Waals surface area contributed by atoms with Crippen molar-refractivity contribution < 1.29 is 5.11 Å². The second-order valence-electron chi connectivity index (χ2n) is 3.32. The number of hydrogen-bond donors (Lipinski definition) is 2. The van der Waals surface area contributed by atoms with Gasteiger partial charge in [0.2, 0.25) is 0 Å². The van der Waals surface area contributed by atoms with Crippen LogP contribution in [0.5, 0.6) is 0 Å². The van der Waals surface area contributed by atoms with Crippen LogP contribution < -0.4 is 5.73 Å². The first kappa shape index (κ1) is 8.02. The van der Waals surface area contributed by atoms with Crippen LogP contribution in [0.25, 0.3) is 0 Å². The van der Waals surface area contributed by atoms with Crippen molar-refractivity contribution in [3.8, 4) is 0 Å². The maximum Gasteiger partial charge on any atom is 0.0459 e. The molecule has 1 aliphatic carbocycles. The van der Waals surface area contributed by atoms with E-state index in [1.807, 2.05) is 0 Å².